The van der Waals surface area contributed by atoms with Gasteiger partial charge in [0.1, 0.15) is 53.5 Å². The normalized spacial score (nSPS) is 11.0. The second kappa shape index (κ2) is 52.7. The van der Waals surface area contributed by atoms with Gasteiger partial charge in [0.2, 0.25) is 0 Å². The molecule has 0 heterocycles. The second-order valence-electron chi connectivity index (χ2n) is 25.4. The van der Waals surface area contributed by atoms with E-state index in [1.165, 1.54) is 55.8 Å². The zero-order valence-corrected chi connectivity index (χ0v) is 64.4. The molecule has 99 heavy (non-hydrogen) atoms. The Morgan fingerprint density at radius 2 is 0.949 bits per heavy atom. The van der Waals surface area contributed by atoms with Gasteiger partial charge >= 0.3 is 0 Å². The molecule has 0 spiro atoms. The molecule has 8 aromatic rings. The lowest BCUT2D eigenvalue weighted by Gasteiger charge is -2.15. The quantitative estimate of drug-likeness (QED) is 0.0501. The maximum absolute atomic E-state index is 11.4. The standard InChI is InChI=1S/C13H19NO2.C11H17N.C11H16O2.2C11H16O.C10H14O2.2C10H14O/c1-10(2)11-7-5-6-8-12(11)16-9-13(15)14(3)4;1-9-5-3-6-10(2)11(9)7-4-8-12;1-3-10(12)8-13-11-7-5-4-6-9(11)2;1-8(2)10-6-5-9(3)7-11(10)12-4;1-4-10(3)12-11-8-6-5-7-9(11)2;1-8-4-3-5-10(6-8)12-7-9(2)11;1-3-7-11-10-6-4-5-9(2)8-10;1-3-6-9-7-4-5-8-10(9)11-2/h5-8,10H,9H2,1-4H3;3,5-6H,4,7-8,12H2,1-2H3;4-7,10,12H,3,8H2,1-2H3;5-8H,1-4H3;5-8,10H,4H2,1-3H3;3-6,9,11H,7H2,1-2H3;4-6,8H,3,7H2,1-2H3;4-5,7-8H,3,6H2,1-2H3. The topological polar surface area (TPSA) is 151 Å². The maximum Gasteiger partial charge on any atom is 0.259 e. The van der Waals surface area contributed by atoms with Crippen molar-refractivity contribution >= 4 is 5.91 Å². The number of carbonyl (C=O) groups is 1. The number of benzene rings is 8. The number of rotatable bonds is 25. The summed E-state index contributed by atoms with van der Waals surface area (Å²) in [7, 11) is 6.88. The molecule has 3 atom stereocenters. The smallest absolute Gasteiger partial charge is 0.259 e. The van der Waals surface area contributed by atoms with Gasteiger partial charge in [-0.15, -0.1) is 0 Å². The third-order valence-corrected chi connectivity index (χ3v) is 15.3. The Hall–Kier alpha value is -8.29. The van der Waals surface area contributed by atoms with E-state index in [9.17, 15) is 9.90 Å². The molecular weight excluding hydrogens is 1230 g/mol. The van der Waals surface area contributed by atoms with Crippen molar-refractivity contribution in [1.82, 2.24) is 4.90 Å². The number of aliphatic hydroxyl groups is 2. The van der Waals surface area contributed by atoms with Gasteiger partial charge in [0.15, 0.2) is 6.61 Å². The van der Waals surface area contributed by atoms with Crippen LogP contribution in [-0.4, -0.2) is 101 Å². The van der Waals surface area contributed by atoms with E-state index in [1.807, 2.05) is 142 Å². The number of ether oxygens (including phenoxy) is 7. The van der Waals surface area contributed by atoms with Crippen molar-refractivity contribution in [2.45, 2.75) is 193 Å². The second-order valence-corrected chi connectivity index (χ2v) is 25.4. The van der Waals surface area contributed by atoms with Crippen LogP contribution in [0.15, 0.2) is 182 Å². The first-order chi connectivity index (χ1) is 47.3. The van der Waals surface area contributed by atoms with Crippen molar-refractivity contribution in [1.29, 1.82) is 0 Å². The molecule has 0 saturated heterocycles. The molecule has 0 aliphatic heterocycles. The fourth-order valence-electron chi connectivity index (χ4n) is 9.21. The molecule has 4 N–H and O–H groups in total. The molecule has 0 saturated carbocycles. The van der Waals surface area contributed by atoms with E-state index in [4.69, 9.17) is 44.0 Å². The molecule has 544 valence electrons. The predicted octanol–water partition coefficient (Wildman–Crippen LogP) is 20.1. The summed E-state index contributed by atoms with van der Waals surface area (Å²) in [5.74, 6) is 7.36. The number of methoxy groups -OCH3 is 2. The first-order valence-corrected chi connectivity index (χ1v) is 35.4. The number of amides is 1. The lowest BCUT2D eigenvalue weighted by Crippen LogP contribution is -2.27. The van der Waals surface area contributed by atoms with Crippen molar-refractivity contribution in [2.75, 3.05) is 61.3 Å². The number of para-hydroxylation sites is 4. The summed E-state index contributed by atoms with van der Waals surface area (Å²) < 4.78 is 37.9. The highest BCUT2D eigenvalue weighted by Gasteiger charge is 2.11. The van der Waals surface area contributed by atoms with Crippen molar-refractivity contribution in [3.05, 3.63) is 243 Å². The number of nitrogens with zero attached hydrogens (tertiary/aromatic N) is 1. The summed E-state index contributed by atoms with van der Waals surface area (Å²) in [4.78, 5) is 12.9. The molecule has 8 aromatic carbocycles. The van der Waals surface area contributed by atoms with E-state index in [2.05, 4.69) is 151 Å². The Kier molecular flexibility index (Phi) is 47.3. The van der Waals surface area contributed by atoms with E-state index in [0.717, 1.165) is 109 Å². The molecule has 0 aromatic heterocycles. The number of hydrogen-bond donors (Lipinski definition) is 3. The zero-order valence-electron chi connectivity index (χ0n) is 64.4. The molecule has 1 amide bonds. The Balaban J connectivity index is 0.000000567. The highest BCUT2D eigenvalue weighted by atomic mass is 16.5. The number of aliphatic hydroxyl groups excluding tert-OH is 2. The molecule has 0 aliphatic carbocycles. The largest absolute Gasteiger partial charge is 0.496 e. The van der Waals surface area contributed by atoms with Gasteiger partial charge in [0, 0.05) is 14.1 Å². The lowest BCUT2D eigenvalue weighted by atomic mass is 9.99. The fraction of sp³-hybridized carbons (Fsp3) is 0.437. The highest BCUT2D eigenvalue weighted by Crippen LogP contribution is 2.28. The number of carbonyl (C=O) groups excluding carboxylic acids is 1. The van der Waals surface area contributed by atoms with E-state index in [1.54, 1.807) is 35.2 Å². The molecule has 12 nitrogen and oxygen atoms in total. The summed E-state index contributed by atoms with van der Waals surface area (Å²) in [5.41, 5.74) is 19.4. The van der Waals surface area contributed by atoms with Gasteiger partial charge in [-0.25, -0.2) is 0 Å². The van der Waals surface area contributed by atoms with Crippen molar-refractivity contribution < 1.29 is 48.2 Å². The van der Waals surface area contributed by atoms with Crippen LogP contribution in [0.25, 0.3) is 0 Å². The molecule has 0 radical (unpaired) electrons. The van der Waals surface area contributed by atoms with Crippen LogP contribution >= 0.6 is 0 Å². The number of aryl methyl sites for hydroxylation is 8. The molecule has 3 unspecified atom stereocenters. The minimum atomic E-state index is -0.412. The molecular formula is C87H126N2O10. The Morgan fingerprint density at radius 3 is 1.43 bits per heavy atom. The molecule has 0 aliphatic rings. The Bertz CT molecular complexity index is 3380. The first kappa shape index (κ1) is 88.7. The number of likely N-dealkylation sites (N-methyl/N-ethyl adjacent to an activating group) is 1. The maximum atomic E-state index is 11.4. The molecule has 0 fully saturated rings. The van der Waals surface area contributed by atoms with Crippen LogP contribution in [0.1, 0.15) is 174 Å². The predicted molar refractivity (Wildman–Crippen MR) is 417 cm³/mol. The van der Waals surface area contributed by atoms with Crippen LogP contribution in [0, 0.1) is 48.5 Å². The van der Waals surface area contributed by atoms with E-state index >= 15 is 0 Å². The average molecular weight is 1360 g/mol. The SMILES string of the molecule is CC(C)c1ccccc1OCC(=O)N(C)C.CCC(C)Oc1ccccc1C.CCC(O)COc1ccccc1C.CCCOc1cccc(C)c1.CCCc1ccccc1OC.COc1cc(C)ccc1C(C)C.Cc1cccc(C)c1CCCN.Cc1cccc(OCC(C)O)c1. The number of hydrogen-bond acceptors (Lipinski definition) is 11. The van der Waals surface area contributed by atoms with E-state index in [-0.39, 0.29) is 18.6 Å². The minimum Gasteiger partial charge on any atom is -0.496 e. The van der Waals surface area contributed by atoms with Gasteiger partial charge in [-0.05, 0) is 235 Å². The molecule has 8 rings (SSSR count). The van der Waals surface area contributed by atoms with Gasteiger partial charge in [-0.1, -0.05) is 189 Å². The van der Waals surface area contributed by atoms with E-state index in [0.29, 0.717) is 31.2 Å². The van der Waals surface area contributed by atoms with Crippen molar-refractivity contribution in [2.24, 2.45) is 5.73 Å². The highest BCUT2D eigenvalue weighted by molar-refractivity contribution is 5.77. The zero-order chi connectivity index (χ0) is 74.1. The van der Waals surface area contributed by atoms with Gasteiger partial charge < -0.3 is 54.0 Å². The Morgan fingerprint density at radius 1 is 0.465 bits per heavy atom. The summed E-state index contributed by atoms with van der Waals surface area (Å²) in [5, 5.41) is 18.2. The lowest BCUT2D eigenvalue weighted by molar-refractivity contribution is -0.130. The minimum absolute atomic E-state index is 0.0291. The Labute approximate surface area is 599 Å². The van der Waals surface area contributed by atoms with Crippen molar-refractivity contribution in [3.8, 4) is 40.2 Å². The third kappa shape index (κ3) is 39.2. The van der Waals surface area contributed by atoms with Gasteiger partial charge in [0.25, 0.3) is 5.91 Å². The summed E-state index contributed by atoms with van der Waals surface area (Å²) >= 11 is 0. The van der Waals surface area contributed by atoms with Crippen LogP contribution in [0.5, 0.6) is 40.2 Å². The van der Waals surface area contributed by atoms with Crippen LogP contribution in [0.2, 0.25) is 0 Å². The van der Waals surface area contributed by atoms with Crippen LogP contribution in [-0.2, 0) is 17.6 Å². The average Bonchev–Trinajstić information content (AvgIpc) is 0.933. The molecule has 12 heteroatoms. The summed E-state index contributed by atoms with van der Waals surface area (Å²) in [6.45, 7) is 37.7. The van der Waals surface area contributed by atoms with Crippen molar-refractivity contribution in [3.63, 3.8) is 0 Å². The van der Waals surface area contributed by atoms with Crippen LogP contribution < -0.4 is 38.9 Å². The fourth-order valence-corrected chi connectivity index (χ4v) is 9.21. The summed E-state index contributed by atoms with van der Waals surface area (Å²) in [6.07, 6.45) is 6.86. The first-order valence-electron chi connectivity index (χ1n) is 35.4. The monoisotopic (exact) mass is 1360 g/mol. The molecule has 0 bridgehead atoms. The van der Waals surface area contributed by atoms with Crippen LogP contribution in [0.3, 0.4) is 0 Å². The van der Waals surface area contributed by atoms with Gasteiger partial charge in [0.05, 0.1) is 39.1 Å². The number of nitrogens with two attached hydrogens (primary N) is 1. The van der Waals surface area contributed by atoms with E-state index < -0.39 is 6.10 Å². The third-order valence-electron chi connectivity index (χ3n) is 15.3. The van der Waals surface area contributed by atoms with Gasteiger partial charge in [-0.3, -0.25) is 4.79 Å². The van der Waals surface area contributed by atoms with Crippen LogP contribution in [0.4, 0.5) is 0 Å². The summed E-state index contributed by atoms with van der Waals surface area (Å²) in [6, 6.07) is 60.6. The van der Waals surface area contributed by atoms with Gasteiger partial charge in [-0.2, -0.15) is 0 Å².